The van der Waals surface area contributed by atoms with Crippen molar-refractivity contribution in [2.45, 2.75) is 0 Å². The van der Waals surface area contributed by atoms with Crippen molar-refractivity contribution in [1.82, 2.24) is 0 Å². The van der Waals surface area contributed by atoms with Crippen molar-refractivity contribution in [2.24, 2.45) is 0 Å². The molecule has 0 atom stereocenters. The molecule has 0 bridgehead atoms. The van der Waals surface area contributed by atoms with Gasteiger partial charge in [0.25, 0.3) is 0 Å². The minimum absolute atomic E-state index is 0.270. The van der Waals surface area contributed by atoms with Crippen molar-refractivity contribution in [2.75, 3.05) is 0 Å². The van der Waals surface area contributed by atoms with E-state index in [-0.39, 0.29) is 5.75 Å². The van der Waals surface area contributed by atoms with Gasteiger partial charge in [-0.15, -0.1) is 0 Å². The fraction of sp³-hybridized carbons (Fsp3) is 0. The Morgan fingerprint density at radius 3 is 2.45 bits per heavy atom. The fourth-order valence-corrected chi connectivity index (χ4v) is 2.97. The van der Waals surface area contributed by atoms with Crippen molar-refractivity contribution in [3.8, 4) is 16.9 Å². The summed E-state index contributed by atoms with van der Waals surface area (Å²) in [6.07, 6.45) is 0. The van der Waals surface area contributed by atoms with E-state index in [4.69, 9.17) is 11.6 Å². The summed E-state index contributed by atoms with van der Waals surface area (Å²) in [5, 5.41) is 14.5. The Bertz CT molecular complexity index is 988. The maximum atomic E-state index is 9.40. The first-order valence-electron chi connectivity index (χ1n) is 7.04. The molecule has 0 aliphatic rings. The highest BCUT2D eigenvalue weighted by Gasteiger charge is 2.04. The van der Waals surface area contributed by atoms with Gasteiger partial charge in [0, 0.05) is 10.4 Å². The highest BCUT2D eigenvalue weighted by atomic mass is 35.5. The van der Waals surface area contributed by atoms with Crippen molar-refractivity contribution >= 4 is 33.1 Å². The Kier molecular flexibility index (Phi) is 3.02. The molecule has 0 amide bonds. The molecule has 1 nitrogen and oxygen atoms in total. The molecule has 4 aromatic rings. The molecule has 0 unspecified atom stereocenters. The van der Waals surface area contributed by atoms with E-state index >= 15 is 0 Å². The van der Waals surface area contributed by atoms with Crippen molar-refractivity contribution in [1.29, 1.82) is 0 Å². The molecule has 4 rings (SSSR count). The van der Waals surface area contributed by atoms with Crippen LogP contribution in [0.15, 0.2) is 66.7 Å². The van der Waals surface area contributed by atoms with Gasteiger partial charge >= 0.3 is 0 Å². The van der Waals surface area contributed by atoms with Crippen LogP contribution < -0.4 is 0 Å². The van der Waals surface area contributed by atoms with Crippen LogP contribution in [-0.4, -0.2) is 5.11 Å². The molecule has 0 aliphatic carbocycles. The summed E-state index contributed by atoms with van der Waals surface area (Å²) >= 11 is 6.29. The highest BCUT2D eigenvalue weighted by Crippen LogP contribution is 2.31. The number of hydrogen-bond acceptors (Lipinski definition) is 1. The molecule has 2 heteroatoms. The summed E-state index contributed by atoms with van der Waals surface area (Å²) in [6.45, 7) is 0. The smallest absolute Gasteiger partial charge is 0.115 e. The molecular formula is C20H12ClO. The Hall–Kier alpha value is -2.51. The third-order valence-corrected chi connectivity index (χ3v) is 4.22. The van der Waals surface area contributed by atoms with Crippen LogP contribution in [-0.2, 0) is 0 Å². The van der Waals surface area contributed by atoms with E-state index in [1.807, 2.05) is 30.3 Å². The first-order valence-corrected chi connectivity index (χ1v) is 7.42. The van der Waals surface area contributed by atoms with Gasteiger partial charge in [0.15, 0.2) is 0 Å². The zero-order chi connectivity index (χ0) is 15.1. The number of rotatable bonds is 1. The van der Waals surface area contributed by atoms with Gasteiger partial charge in [-0.25, -0.2) is 0 Å². The second kappa shape index (κ2) is 5.04. The van der Waals surface area contributed by atoms with Crippen LogP contribution in [0.25, 0.3) is 32.7 Å². The molecule has 1 radical (unpaired) electrons. The standard InChI is InChI=1S/C20H12ClO/c21-20-3-1-2-16-10-15-5-4-14(11-17(15)12-19(16)20)13-6-8-18(22)9-7-13/h1-4,6-12,22H. The van der Waals surface area contributed by atoms with Crippen molar-refractivity contribution in [3.63, 3.8) is 0 Å². The Balaban J connectivity index is 1.94. The Morgan fingerprint density at radius 2 is 1.64 bits per heavy atom. The monoisotopic (exact) mass is 303 g/mol. The summed E-state index contributed by atoms with van der Waals surface area (Å²) in [5.41, 5.74) is 2.12. The average molecular weight is 304 g/mol. The van der Waals surface area contributed by atoms with E-state index in [2.05, 4.69) is 30.3 Å². The Morgan fingerprint density at radius 1 is 0.818 bits per heavy atom. The number of hydrogen-bond donors (Lipinski definition) is 1. The minimum atomic E-state index is 0.270. The van der Waals surface area contributed by atoms with Crippen molar-refractivity contribution < 1.29 is 5.11 Å². The lowest BCUT2D eigenvalue weighted by Gasteiger charge is -2.07. The van der Waals surface area contributed by atoms with Crippen LogP contribution in [0.1, 0.15) is 0 Å². The van der Waals surface area contributed by atoms with E-state index in [1.165, 1.54) is 0 Å². The topological polar surface area (TPSA) is 20.2 Å². The molecule has 0 aromatic heterocycles. The van der Waals surface area contributed by atoms with E-state index in [0.717, 1.165) is 37.7 Å². The summed E-state index contributed by atoms with van der Waals surface area (Å²) in [5.74, 6) is 0.270. The third-order valence-electron chi connectivity index (χ3n) is 3.89. The first-order chi connectivity index (χ1) is 10.7. The number of benzene rings is 4. The molecule has 4 aromatic carbocycles. The fourth-order valence-electron chi connectivity index (χ4n) is 2.73. The molecule has 0 fully saturated rings. The minimum Gasteiger partial charge on any atom is -0.508 e. The highest BCUT2D eigenvalue weighted by molar-refractivity contribution is 6.35. The van der Waals surface area contributed by atoms with Crippen LogP contribution in [0.4, 0.5) is 0 Å². The van der Waals surface area contributed by atoms with Crippen LogP contribution >= 0.6 is 11.6 Å². The third kappa shape index (κ3) is 2.20. The first kappa shape index (κ1) is 13.2. The molecule has 105 valence electrons. The lowest BCUT2D eigenvalue weighted by molar-refractivity contribution is 0.475. The quantitative estimate of drug-likeness (QED) is 0.439. The molecule has 0 spiro atoms. The summed E-state index contributed by atoms with van der Waals surface area (Å²) in [7, 11) is 0. The van der Waals surface area contributed by atoms with Gasteiger partial charge in [0.05, 0.1) is 0 Å². The lowest BCUT2D eigenvalue weighted by Crippen LogP contribution is -1.81. The lowest BCUT2D eigenvalue weighted by atomic mass is 9.98. The summed E-state index contributed by atoms with van der Waals surface area (Å²) in [4.78, 5) is 0. The summed E-state index contributed by atoms with van der Waals surface area (Å²) in [6, 6.07) is 24.8. The SMILES string of the molecule is Oc1ccc(-c2c[c]c3cc4cccc(Cl)c4cc3c2)cc1. The number of phenols is 1. The zero-order valence-corrected chi connectivity index (χ0v) is 12.4. The van der Waals surface area contributed by atoms with Crippen molar-refractivity contribution in [3.05, 3.63) is 77.8 Å². The number of phenolic OH excluding ortho intramolecular Hbond substituents is 1. The maximum Gasteiger partial charge on any atom is 0.115 e. The molecule has 0 heterocycles. The average Bonchev–Trinajstić information content (AvgIpc) is 2.54. The van der Waals surface area contributed by atoms with E-state index < -0.39 is 0 Å². The van der Waals surface area contributed by atoms with Gasteiger partial charge < -0.3 is 5.11 Å². The van der Waals surface area contributed by atoms with Gasteiger partial charge in [0.1, 0.15) is 5.75 Å². The normalized spacial score (nSPS) is 11.1. The number of aromatic hydroxyl groups is 1. The van der Waals surface area contributed by atoms with E-state index in [0.29, 0.717) is 0 Å². The molecular weight excluding hydrogens is 292 g/mol. The predicted molar refractivity (Wildman–Crippen MR) is 92.4 cm³/mol. The van der Waals surface area contributed by atoms with Gasteiger partial charge in [0.2, 0.25) is 0 Å². The van der Waals surface area contributed by atoms with Gasteiger partial charge in [-0.05, 0) is 75.8 Å². The van der Waals surface area contributed by atoms with Crippen LogP contribution in [0.2, 0.25) is 5.02 Å². The molecule has 22 heavy (non-hydrogen) atoms. The number of fused-ring (bicyclic) bond motifs is 2. The zero-order valence-electron chi connectivity index (χ0n) is 11.7. The van der Waals surface area contributed by atoms with Crippen LogP contribution in [0.3, 0.4) is 0 Å². The molecule has 0 aliphatic heterocycles. The van der Waals surface area contributed by atoms with Crippen LogP contribution in [0.5, 0.6) is 5.75 Å². The van der Waals surface area contributed by atoms with E-state index in [9.17, 15) is 5.11 Å². The van der Waals surface area contributed by atoms with Gasteiger partial charge in [-0.2, -0.15) is 0 Å². The van der Waals surface area contributed by atoms with Crippen LogP contribution in [0, 0.1) is 6.07 Å². The maximum absolute atomic E-state index is 9.40. The summed E-state index contributed by atoms with van der Waals surface area (Å²) < 4.78 is 0. The molecule has 0 saturated carbocycles. The van der Waals surface area contributed by atoms with Gasteiger partial charge in [-0.1, -0.05) is 35.9 Å². The molecule has 1 N–H and O–H groups in total. The largest absolute Gasteiger partial charge is 0.508 e. The number of halogens is 1. The second-order valence-corrected chi connectivity index (χ2v) is 5.74. The van der Waals surface area contributed by atoms with E-state index in [1.54, 1.807) is 12.1 Å². The second-order valence-electron chi connectivity index (χ2n) is 5.34. The Labute approximate surface area is 133 Å². The predicted octanol–water partition coefficient (Wildman–Crippen LogP) is 5.82. The molecule has 0 saturated heterocycles. The van der Waals surface area contributed by atoms with Gasteiger partial charge in [-0.3, -0.25) is 0 Å².